The molecule has 1 N–H and O–H groups in total. The van der Waals surface area contributed by atoms with Gasteiger partial charge in [0.05, 0.1) is 18.1 Å². The summed E-state index contributed by atoms with van der Waals surface area (Å²) in [5.74, 6) is -1.25. The standard InChI is InChI=1S/C29H29F2N3O3/c1-36-21-14-12-18(13-15-21)26(29(35)32-20-10-6-7-11-20)34-25-17-23(31)22(30)16-24(25)33-28(34)27(37-2)19-8-4-3-5-9-19/h3-5,8-9,12-17,20,26-27H,6-7,10-11H2,1-2H3,(H,32,35). The van der Waals surface area contributed by atoms with Crippen molar-refractivity contribution in [2.75, 3.05) is 14.2 Å². The van der Waals surface area contributed by atoms with Crippen LogP contribution in [0.1, 0.15) is 54.8 Å². The minimum atomic E-state index is -1.02. The summed E-state index contributed by atoms with van der Waals surface area (Å²) in [6, 6.07) is 17.9. The van der Waals surface area contributed by atoms with Gasteiger partial charge in [0.2, 0.25) is 5.91 Å². The van der Waals surface area contributed by atoms with Crippen LogP contribution in [-0.4, -0.2) is 35.7 Å². The predicted molar refractivity (Wildman–Crippen MR) is 136 cm³/mol. The Bertz CT molecular complexity index is 1380. The van der Waals surface area contributed by atoms with E-state index in [1.54, 1.807) is 43.1 Å². The van der Waals surface area contributed by atoms with Gasteiger partial charge in [-0.15, -0.1) is 0 Å². The third-order valence-electron chi connectivity index (χ3n) is 6.97. The fourth-order valence-corrected chi connectivity index (χ4v) is 5.14. The van der Waals surface area contributed by atoms with Crippen LogP contribution >= 0.6 is 0 Å². The van der Waals surface area contributed by atoms with E-state index in [1.807, 2.05) is 30.3 Å². The summed E-state index contributed by atoms with van der Waals surface area (Å²) in [7, 11) is 3.12. The average molecular weight is 506 g/mol. The minimum absolute atomic E-state index is 0.0630. The topological polar surface area (TPSA) is 65.4 Å². The first-order valence-corrected chi connectivity index (χ1v) is 12.4. The Morgan fingerprint density at radius 3 is 2.30 bits per heavy atom. The van der Waals surface area contributed by atoms with E-state index < -0.39 is 23.8 Å². The number of carbonyl (C=O) groups excluding carboxylic acids is 1. The van der Waals surface area contributed by atoms with E-state index in [-0.39, 0.29) is 17.5 Å². The van der Waals surface area contributed by atoms with Gasteiger partial charge < -0.3 is 19.4 Å². The molecule has 192 valence electrons. The summed E-state index contributed by atoms with van der Waals surface area (Å²) in [4.78, 5) is 18.6. The zero-order chi connectivity index (χ0) is 25.9. The second-order valence-electron chi connectivity index (χ2n) is 9.29. The summed E-state index contributed by atoms with van der Waals surface area (Å²) in [5.41, 5.74) is 1.99. The maximum Gasteiger partial charge on any atom is 0.247 e. The number of benzene rings is 3. The monoisotopic (exact) mass is 505 g/mol. The largest absolute Gasteiger partial charge is 0.497 e. The van der Waals surface area contributed by atoms with Gasteiger partial charge in [-0.1, -0.05) is 55.3 Å². The number of fused-ring (bicyclic) bond motifs is 1. The number of nitrogens with zero attached hydrogens (tertiary/aromatic N) is 2. The number of nitrogens with one attached hydrogen (secondary N) is 1. The molecular weight excluding hydrogens is 476 g/mol. The van der Waals surface area contributed by atoms with Gasteiger partial charge >= 0.3 is 0 Å². The Morgan fingerprint density at radius 2 is 1.65 bits per heavy atom. The van der Waals surface area contributed by atoms with Crippen LogP contribution in [0.15, 0.2) is 66.7 Å². The number of imidazole rings is 1. The maximum atomic E-state index is 14.6. The first-order chi connectivity index (χ1) is 18.0. The molecule has 6 nitrogen and oxygen atoms in total. The van der Waals surface area contributed by atoms with Gasteiger partial charge in [0.25, 0.3) is 0 Å². The minimum Gasteiger partial charge on any atom is -0.497 e. The van der Waals surface area contributed by atoms with Crippen LogP contribution in [-0.2, 0) is 9.53 Å². The number of aromatic nitrogens is 2. The summed E-state index contributed by atoms with van der Waals surface area (Å²) in [5, 5.41) is 3.18. The van der Waals surface area contributed by atoms with Gasteiger partial charge in [0.1, 0.15) is 23.7 Å². The Kier molecular flexibility index (Phi) is 7.19. The molecule has 4 aromatic rings. The van der Waals surface area contributed by atoms with E-state index in [4.69, 9.17) is 9.47 Å². The normalized spacial score (nSPS) is 15.6. The van der Waals surface area contributed by atoms with Crippen molar-refractivity contribution in [2.45, 2.75) is 43.9 Å². The molecule has 1 aliphatic carbocycles. The summed E-state index contributed by atoms with van der Waals surface area (Å²) >= 11 is 0. The third-order valence-corrected chi connectivity index (χ3v) is 6.97. The molecule has 1 aliphatic rings. The summed E-state index contributed by atoms with van der Waals surface area (Å²) in [6.45, 7) is 0. The SMILES string of the molecule is COc1ccc(C(C(=O)NC2CCCC2)n2c(C(OC)c3ccccc3)nc3cc(F)c(F)cc32)cc1. The molecule has 0 saturated heterocycles. The van der Waals surface area contributed by atoms with E-state index in [1.165, 1.54) is 0 Å². The molecule has 0 radical (unpaired) electrons. The number of methoxy groups -OCH3 is 2. The zero-order valence-electron chi connectivity index (χ0n) is 20.8. The quantitative estimate of drug-likeness (QED) is 0.333. The van der Waals surface area contributed by atoms with E-state index in [0.717, 1.165) is 43.4 Å². The van der Waals surface area contributed by atoms with Crippen molar-refractivity contribution in [3.05, 3.63) is 95.3 Å². The molecule has 8 heteroatoms. The maximum absolute atomic E-state index is 14.6. The van der Waals surface area contributed by atoms with Crippen molar-refractivity contribution in [1.29, 1.82) is 0 Å². The fraction of sp³-hybridized carbons (Fsp3) is 0.310. The number of ether oxygens (including phenoxy) is 2. The highest BCUT2D eigenvalue weighted by atomic mass is 19.2. The van der Waals surface area contributed by atoms with E-state index in [2.05, 4.69) is 10.3 Å². The number of hydrogen-bond donors (Lipinski definition) is 1. The van der Waals surface area contributed by atoms with Crippen LogP contribution < -0.4 is 10.1 Å². The molecule has 1 aromatic heterocycles. The highest BCUT2D eigenvalue weighted by Crippen LogP contribution is 2.35. The first kappa shape index (κ1) is 24.9. The van der Waals surface area contributed by atoms with Crippen molar-refractivity contribution < 1.29 is 23.0 Å². The van der Waals surface area contributed by atoms with E-state index in [0.29, 0.717) is 22.7 Å². The van der Waals surface area contributed by atoms with Crippen LogP contribution in [0.3, 0.4) is 0 Å². The van der Waals surface area contributed by atoms with Crippen molar-refractivity contribution in [1.82, 2.24) is 14.9 Å². The Labute approximate surface area is 214 Å². The number of halogens is 2. The van der Waals surface area contributed by atoms with Gasteiger partial charge in [0.15, 0.2) is 11.6 Å². The number of amides is 1. The van der Waals surface area contributed by atoms with Crippen molar-refractivity contribution in [3.8, 4) is 5.75 Å². The third kappa shape index (κ3) is 4.93. The summed E-state index contributed by atoms with van der Waals surface area (Å²) in [6.07, 6.45) is 3.25. The molecule has 1 heterocycles. The lowest BCUT2D eigenvalue weighted by atomic mass is 10.0. The molecule has 0 aliphatic heterocycles. The predicted octanol–water partition coefficient (Wildman–Crippen LogP) is 5.71. The van der Waals surface area contributed by atoms with Crippen LogP contribution in [0.4, 0.5) is 8.78 Å². The number of carbonyl (C=O) groups is 1. The lowest BCUT2D eigenvalue weighted by Gasteiger charge is -2.26. The van der Waals surface area contributed by atoms with Crippen LogP contribution in [0.2, 0.25) is 0 Å². The molecular formula is C29H29F2N3O3. The molecule has 0 spiro atoms. The molecule has 5 rings (SSSR count). The smallest absolute Gasteiger partial charge is 0.247 e. The average Bonchev–Trinajstić information content (AvgIpc) is 3.54. The number of hydrogen-bond acceptors (Lipinski definition) is 4. The molecule has 1 saturated carbocycles. The van der Waals surface area contributed by atoms with E-state index >= 15 is 0 Å². The van der Waals surface area contributed by atoms with Gasteiger partial charge in [-0.25, -0.2) is 13.8 Å². The molecule has 37 heavy (non-hydrogen) atoms. The fourth-order valence-electron chi connectivity index (χ4n) is 5.14. The number of rotatable bonds is 8. The molecule has 1 amide bonds. The van der Waals surface area contributed by atoms with Crippen molar-refractivity contribution in [3.63, 3.8) is 0 Å². The highest BCUT2D eigenvalue weighted by molar-refractivity contribution is 5.87. The van der Waals surface area contributed by atoms with Crippen molar-refractivity contribution in [2.24, 2.45) is 0 Å². The lowest BCUT2D eigenvalue weighted by Crippen LogP contribution is -2.39. The summed E-state index contributed by atoms with van der Waals surface area (Å²) < 4.78 is 41.7. The molecule has 1 fully saturated rings. The van der Waals surface area contributed by atoms with Crippen LogP contribution in [0.25, 0.3) is 11.0 Å². The highest BCUT2D eigenvalue weighted by Gasteiger charge is 2.33. The van der Waals surface area contributed by atoms with Gasteiger partial charge in [-0.2, -0.15) is 0 Å². The van der Waals surface area contributed by atoms with Crippen molar-refractivity contribution >= 4 is 16.9 Å². The lowest BCUT2D eigenvalue weighted by molar-refractivity contribution is -0.123. The van der Waals surface area contributed by atoms with Crippen LogP contribution in [0, 0.1) is 11.6 Å². The Balaban J connectivity index is 1.73. The molecule has 2 unspecified atom stereocenters. The van der Waals surface area contributed by atoms with Gasteiger partial charge in [-0.3, -0.25) is 4.79 Å². The van der Waals surface area contributed by atoms with E-state index in [9.17, 15) is 13.6 Å². The first-order valence-electron chi connectivity index (χ1n) is 12.4. The second-order valence-corrected chi connectivity index (χ2v) is 9.29. The van der Waals surface area contributed by atoms with Crippen LogP contribution in [0.5, 0.6) is 5.75 Å². The van der Waals surface area contributed by atoms with Gasteiger partial charge in [-0.05, 0) is 36.1 Å². The molecule has 0 bridgehead atoms. The Morgan fingerprint density at radius 1 is 0.973 bits per heavy atom. The van der Waals surface area contributed by atoms with Gasteiger partial charge in [0, 0.05) is 25.3 Å². The zero-order valence-corrected chi connectivity index (χ0v) is 20.8. The second kappa shape index (κ2) is 10.7. The molecule has 2 atom stereocenters. The Hall–Kier alpha value is -3.78. The molecule has 3 aromatic carbocycles.